The number of methoxy groups -OCH3 is 1. The zero-order chi connectivity index (χ0) is 23.2. The Hall–Kier alpha value is -2.62. The molecule has 0 aliphatic rings. The van der Waals surface area contributed by atoms with Crippen molar-refractivity contribution < 1.29 is 17.9 Å². The fourth-order valence-corrected chi connectivity index (χ4v) is 4.31. The summed E-state index contributed by atoms with van der Waals surface area (Å²) in [5.41, 5.74) is 1.56. The van der Waals surface area contributed by atoms with Crippen LogP contribution in [0.2, 0.25) is 0 Å². The van der Waals surface area contributed by atoms with Gasteiger partial charge in [-0.05, 0) is 69.9 Å². The molecule has 170 valence electrons. The number of urea groups is 1. The van der Waals surface area contributed by atoms with Crippen molar-refractivity contribution in [2.45, 2.75) is 30.8 Å². The predicted molar refractivity (Wildman–Crippen MR) is 123 cm³/mol. The van der Waals surface area contributed by atoms with Gasteiger partial charge in [0.05, 0.1) is 18.0 Å². The number of amides is 2. The van der Waals surface area contributed by atoms with Crippen LogP contribution in [0.4, 0.5) is 10.5 Å². The molecule has 0 heterocycles. The minimum Gasteiger partial charge on any atom is -0.497 e. The molecule has 8 nitrogen and oxygen atoms in total. The molecule has 0 saturated carbocycles. The summed E-state index contributed by atoms with van der Waals surface area (Å²) in [6, 6.07) is 13.3. The second kappa shape index (κ2) is 10.6. The number of carbonyl (C=O) groups excluding carboxylic acids is 1. The highest BCUT2D eigenvalue weighted by Crippen LogP contribution is 2.21. The molecule has 0 radical (unpaired) electrons. The maximum atomic E-state index is 12.5. The topological polar surface area (TPSA) is 91.0 Å². The van der Waals surface area contributed by atoms with Crippen molar-refractivity contribution in [2.24, 2.45) is 0 Å². The van der Waals surface area contributed by atoms with Gasteiger partial charge in [0.25, 0.3) is 0 Å². The van der Waals surface area contributed by atoms with Crippen molar-refractivity contribution in [2.75, 3.05) is 40.1 Å². The Morgan fingerprint density at radius 3 is 2.06 bits per heavy atom. The van der Waals surface area contributed by atoms with Crippen molar-refractivity contribution in [1.29, 1.82) is 0 Å². The number of likely N-dealkylation sites (N-methyl/N-ethyl adjacent to an activating group) is 1. The minimum atomic E-state index is -3.56. The summed E-state index contributed by atoms with van der Waals surface area (Å²) >= 11 is 0. The van der Waals surface area contributed by atoms with Gasteiger partial charge in [0.1, 0.15) is 5.75 Å². The van der Waals surface area contributed by atoms with E-state index in [1.807, 2.05) is 57.1 Å². The number of rotatable bonds is 9. The van der Waals surface area contributed by atoms with E-state index < -0.39 is 10.0 Å². The molecule has 0 saturated heterocycles. The molecule has 0 aliphatic carbocycles. The highest BCUT2D eigenvalue weighted by Gasteiger charge is 2.23. The van der Waals surface area contributed by atoms with Crippen LogP contribution in [0.1, 0.15) is 25.5 Å². The highest BCUT2D eigenvalue weighted by atomic mass is 32.2. The molecule has 9 heteroatoms. The molecule has 0 bridgehead atoms. The molecule has 1 atom stereocenters. The fourth-order valence-electron chi connectivity index (χ4n) is 2.94. The van der Waals surface area contributed by atoms with Gasteiger partial charge in [-0.3, -0.25) is 0 Å². The van der Waals surface area contributed by atoms with Gasteiger partial charge < -0.3 is 20.3 Å². The third-order valence-corrected chi connectivity index (χ3v) is 7.14. The largest absolute Gasteiger partial charge is 0.497 e. The molecule has 0 aliphatic heterocycles. The van der Waals surface area contributed by atoms with Crippen molar-refractivity contribution in [3.05, 3.63) is 54.1 Å². The SMILES string of the molecule is COc1ccc(C(CNC(=O)Nc2ccc(S(=O)(=O)N(C)C(C)C)cc2)N(C)C)cc1. The van der Waals surface area contributed by atoms with Crippen LogP contribution in [-0.2, 0) is 10.0 Å². The van der Waals surface area contributed by atoms with E-state index in [1.165, 1.54) is 16.4 Å². The number of nitrogens with one attached hydrogen (secondary N) is 2. The average molecular weight is 449 g/mol. The Labute approximate surface area is 185 Å². The van der Waals surface area contributed by atoms with Crippen molar-refractivity contribution >= 4 is 21.7 Å². The molecule has 0 fully saturated rings. The van der Waals surface area contributed by atoms with Crippen LogP contribution >= 0.6 is 0 Å². The first-order valence-electron chi connectivity index (χ1n) is 9.99. The van der Waals surface area contributed by atoms with Crippen molar-refractivity contribution in [3.63, 3.8) is 0 Å². The highest BCUT2D eigenvalue weighted by molar-refractivity contribution is 7.89. The standard InChI is InChI=1S/C22H32N4O4S/c1-16(2)26(5)31(28,29)20-13-9-18(10-14-20)24-22(27)23-15-21(25(3)4)17-7-11-19(30-6)12-8-17/h7-14,16,21H,15H2,1-6H3,(H2,23,24,27). The van der Waals surface area contributed by atoms with E-state index in [9.17, 15) is 13.2 Å². The maximum Gasteiger partial charge on any atom is 0.319 e. The van der Waals surface area contributed by atoms with Crippen LogP contribution in [0.5, 0.6) is 5.75 Å². The van der Waals surface area contributed by atoms with Crippen molar-refractivity contribution in [3.8, 4) is 5.75 Å². The monoisotopic (exact) mass is 448 g/mol. The van der Waals surface area contributed by atoms with Crippen LogP contribution in [0, 0.1) is 0 Å². The summed E-state index contributed by atoms with van der Waals surface area (Å²) < 4.78 is 31.6. The Morgan fingerprint density at radius 1 is 1.00 bits per heavy atom. The van der Waals surface area contributed by atoms with Crippen LogP contribution in [0.15, 0.2) is 53.4 Å². The molecule has 2 rings (SSSR count). The number of benzene rings is 2. The molecule has 0 spiro atoms. The van der Waals surface area contributed by atoms with Gasteiger partial charge in [0.2, 0.25) is 10.0 Å². The van der Waals surface area contributed by atoms with Gasteiger partial charge in [0.15, 0.2) is 0 Å². The molecule has 31 heavy (non-hydrogen) atoms. The molecule has 2 aromatic rings. The van der Waals surface area contributed by atoms with Gasteiger partial charge >= 0.3 is 6.03 Å². The third kappa shape index (κ3) is 6.43. The normalized spacial score (nSPS) is 12.8. The number of hydrogen-bond donors (Lipinski definition) is 2. The molecule has 2 N–H and O–H groups in total. The molecule has 2 amide bonds. The van der Waals surface area contributed by atoms with E-state index in [-0.39, 0.29) is 23.0 Å². The quantitative estimate of drug-likeness (QED) is 0.615. The smallest absolute Gasteiger partial charge is 0.319 e. The van der Waals surface area contributed by atoms with E-state index in [4.69, 9.17) is 4.74 Å². The van der Waals surface area contributed by atoms with Gasteiger partial charge in [-0.15, -0.1) is 0 Å². The fraction of sp³-hybridized carbons (Fsp3) is 0.409. The first-order chi connectivity index (χ1) is 14.6. The van der Waals surface area contributed by atoms with E-state index in [0.717, 1.165) is 11.3 Å². The van der Waals surface area contributed by atoms with Crippen molar-refractivity contribution in [1.82, 2.24) is 14.5 Å². The lowest BCUT2D eigenvalue weighted by Gasteiger charge is -2.25. The second-order valence-corrected chi connectivity index (χ2v) is 9.72. The maximum absolute atomic E-state index is 12.5. The Balaban J connectivity index is 1.99. The lowest BCUT2D eigenvalue weighted by Crippen LogP contribution is -2.36. The van der Waals surface area contributed by atoms with Crippen LogP contribution < -0.4 is 15.4 Å². The van der Waals surface area contributed by atoms with E-state index >= 15 is 0 Å². The minimum absolute atomic E-state index is 0.0178. The van der Waals surface area contributed by atoms with E-state index in [0.29, 0.717) is 12.2 Å². The summed E-state index contributed by atoms with van der Waals surface area (Å²) in [4.78, 5) is 14.6. The summed E-state index contributed by atoms with van der Waals surface area (Å²) in [6.45, 7) is 4.02. The number of ether oxygens (including phenoxy) is 1. The second-order valence-electron chi connectivity index (χ2n) is 7.73. The number of carbonyl (C=O) groups is 1. The molecule has 2 aromatic carbocycles. The Morgan fingerprint density at radius 2 is 1.58 bits per heavy atom. The summed E-state index contributed by atoms with van der Waals surface area (Å²) in [7, 11) is 3.50. The predicted octanol–water partition coefficient (Wildman–Crippen LogP) is 3.15. The summed E-state index contributed by atoms with van der Waals surface area (Å²) in [5, 5.41) is 5.61. The number of nitrogens with zero attached hydrogens (tertiary/aromatic N) is 2. The number of anilines is 1. The molecule has 0 aromatic heterocycles. The van der Waals surface area contributed by atoms with Gasteiger partial charge in [-0.2, -0.15) is 4.31 Å². The zero-order valence-electron chi connectivity index (χ0n) is 18.9. The van der Waals surface area contributed by atoms with E-state index in [1.54, 1.807) is 26.3 Å². The van der Waals surface area contributed by atoms with Gasteiger partial charge in [-0.1, -0.05) is 12.1 Å². The van der Waals surface area contributed by atoms with E-state index in [2.05, 4.69) is 10.6 Å². The first kappa shape index (κ1) is 24.6. The molecular formula is C22H32N4O4S. The van der Waals surface area contributed by atoms with Gasteiger partial charge in [-0.25, -0.2) is 13.2 Å². The summed E-state index contributed by atoms with van der Waals surface area (Å²) in [5.74, 6) is 0.775. The third-order valence-electron chi connectivity index (χ3n) is 5.10. The van der Waals surface area contributed by atoms with Gasteiger partial charge in [0, 0.05) is 25.3 Å². The number of sulfonamides is 1. The zero-order valence-corrected chi connectivity index (χ0v) is 19.7. The number of hydrogen-bond acceptors (Lipinski definition) is 5. The Kier molecular flexibility index (Phi) is 8.43. The first-order valence-corrected chi connectivity index (χ1v) is 11.4. The average Bonchev–Trinajstić information content (AvgIpc) is 2.73. The van der Waals surface area contributed by atoms with Crippen LogP contribution in [-0.4, -0.2) is 64.5 Å². The van der Waals surface area contributed by atoms with Crippen LogP contribution in [0.3, 0.4) is 0 Å². The Bertz CT molecular complexity index is 958. The lowest BCUT2D eigenvalue weighted by atomic mass is 10.1. The molecular weight excluding hydrogens is 416 g/mol. The lowest BCUT2D eigenvalue weighted by molar-refractivity contribution is 0.243. The van der Waals surface area contributed by atoms with Crippen LogP contribution in [0.25, 0.3) is 0 Å². The molecule has 1 unspecified atom stereocenters. The summed E-state index contributed by atoms with van der Waals surface area (Å²) in [6.07, 6.45) is 0.